The fourth-order valence-electron chi connectivity index (χ4n) is 2.92. The number of nitrogens with zero attached hydrogens (tertiary/aromatic N) is 2. The number of oxazole rings is 1. The predicted octanol–water partition coefficient (Wildman–Crippen LogP) is 6.27. The molecule has 9 heteroatoms. The minimum absolute atomic E-state index is 0.0142. The SMILES string of the molecule is Cc1ccc2oc(-c3cc(NC(=O)c4cc([N+](=O)[O-])ccc4Cl)ccc3Cl)nc2c1. The monoisotopic (exact) mass is 441 g/mol. The summed E-state index contributed by atoms with van der Waals surface area (Å²) in [7, 11) is 0. The molecule has 150 valence electrons. The van der Waals surface area contributed by atoms with Gasteiger partial charge in [-0.3, -0.25) is 14.9 Å². The molecule has 0 saturated carbocycles. The molecule has 0 atom stereocenters. The topological polar surface area (TPSA) is 98.3 Å². The van der Waals surface area contributed by atoms with E-state index in [-0.39, 0.29) is 16.3 Å². The number of nitrogens with one attached hydrogen (secondary N) is 1. The molecule has 0 bridgehead atoms. The Labute approximate surface area is 180 Å². The molecule has 0 aliphatic heterocycles. The predicted molar refractivity (Wildman–Crippen MR) is 115 cm³/mol. The fraction of sp³-hybridized carbons (Fsp3) is 0.0476. The Bertz CT molecular complexity index is 1320. The highest BCUT2D eigenvalue weighted by atomic mass is 35.5. The van der Waals surface area contributed by atoms with Gasteiger partial charge < -0.3 is 9.73 Å². The molecule has 0 aliphatic carbocycles. The number of amides is 1. The molecule has 0 saturated heterocycles. The quantitative estimate of drug-likeness (QED) is 0.297. The summed E-state index contributed by atoms with van der Waals surface area (Å²) in [5, 5.41) is 14.1. The lowest BCUT2D eigenvalue weighted by Crippen LogP contribution is -2.13. The van der Waals surface area contributed by atoms with Gasteiger partial charge in [-0.15, -0.1) is 0 Å². The molecule has 1 amide bonds. The molecule has 0 aliphatic rings. The first kappa shape index (κ1) is 19.9. The molecular formula is C21H13Cl2N3O4. The van der Waals surface area contributed by atoms with Gasteiger partial charge in [0.05, 0.1) is 26.1 Å². The van der Waals surface area contributed by atoms with Crippen molar-refractivity contribution in [1.29, 1.82) is 0 Å². The molecule has 4 aromatic rings. The minimum Gasteiger partial charge on any atom is -0.436 e. The van der Waals surface area contributed by atoms with E-state index in [9.17, 15) is 14.9 Å². The molecular weight excluding hydrogens is 429 g/mol. The van der Waals surface area contributed by atoms with E-state index in [4.69, 9.17) is 27.6 Å². The Balaban J connectivity index is 1.67. The van der Waals surface area contributed by atoms with Crippen LogP contribution in [0.3, 0.4) is 0 Å². The number of carbonyl (C=O) groups excluding carboxylic acids is 1. The van der Waals surface area contributed by atoms with E-state index in [1.54, 1.807) is 18.2 Å². The Morgan fingerprint density at radius 3 is 2.60 bits per heavy atom. The first-order chi connectivity index (χ1) is 14.3. The summed E-state index contributed by atoms with van der Waals surface area (Å²) in [6.45, 7) is 1.95. The van der Waals surface area contributed by atoms with Crippen LogP contribution in [0.5, 0.6) is 0 Å². The number of carbonyl (C=O) groups is 1. The normalized spacial score (nSPS) is 10.9. The number of halogens is 2. The van der Waals surface area contributed by atoms with E-state index in [2.05, 4.69) is 10.3 Å². The number of hydrogen-bond acceptors (Lipinski definition) is 5. The maximum absolute atomic E-state index is 12.6. The third-order valence-electron chi connectivity index (χ3n) is 4.40. The van der Waals surface area contributed by atoms with Gasteiger partial charge in [0.15, 0.2) is 5.58 Å². The lowest BCUT2D eigenvalue weighted by Gasteiger charge is -2.09. The van der Waals surface area contributed by atoms with Crippen molar-refractivity contribution in [1.82, 2.24) is 4.98 Å². The number of benzene rings is 3. The van der Waals surface area contributed by atoms with Crippen LogP contribution in [0.2, 0.25) is 10.0 Å². The summed E-state index contributed by atoms with van der Waals surface area (Å²) in [5.41, 5.74) is 3.00. The molecule has 4 rings (SSSR count). The summed E-state index contributed by atoms with van der Waals surface area (Å²) >= 11 is 12.4. The van der Waals surface area contributed by atoms with E-state index in [0.717, 1.165) is 11.6 Å². The summed E-state index contributed by atoms with van der Waals surface area (Å²) in [5.74, 6) is -0.282. The maximum atomic E-state index is 12.6. The van der Waals surface area contributed by atoms with Crippen molar-refractivity contribution in [3.05, 3.63) is 85.9 Å². The van der Waals surface area contributed by atoms with Crippen molar-refractivity contribution in [2.75, 3.05) is 5.32 Å². The number of nitro groups is 1. The molecule has 3 aromatic carbocycles. The Morgan fingerprint density at radius 2 is 1.83 bits per heavy atom. The maximum Gasteiger partial charge on any atom is 0.270 e. The molecule has 0 fully saturated rings. The second-order valence-electron chi connectivity index (χ2n) is 6.56. The van der Waals surface area contributed by atoms with Gasteiger partial charge in [0.1, 0.15) is 5.52 Å². The molecule has 1 N–H and O–H groups in total. The molecule has 1 aromatic heterocycles. The van der Waals surface area contributed by atoms with Crippen LogP contribution in [0.25, 0.3) is 22.6 Å². The number of anilines is 1. The van der Waals surface area contributed by atoms with Crippen molar-refractivity contribution >= 4 is 51.6 Å². The van der Waals surface area contributed by atoms with Gasteiger partial charge in [-0.1, -0.05) is 29.3 Å². The molecule has 1 heterocycles. The highest BCUT2D eigenvalue weighted by molar-refractivity contribution is 6.35. The van der Waals surface area contributed by atoms with E-state index in [1.165, 1.54) is 12.1 Å². The second-order valence-corrected chi connectivity index (χ2v) is 7.37. The lowest BCUT2D eigenvalue weighted by molar-refractivity contribution is -0.384. The lowest BCUT2D eigenvalue weighted by atomic mass is 10.1. The first-order valence-electron chi connectivity index (χ1n) is 8.74. The van der Waals surface area contributed by atoms with E-state index < -0.39 is 10.8 Å². The summed E-state index contributed by atoms with van der Waals surface area (Å²) in [6, 6.07) is 14.1. The van der Waals surface area contributed by atoms with Crippen LogP contribution in [-0.2, 0) is 0 Å². The van der Waals surface area contributed by atoms with E-state index >= 15 is 0 Å². The van der Waals surface area contributed by atoms with E-state index in [0.29, 0.717) is 33.3 Å². The van der Waals surface area contributed by atoms with Crippen LogP contribution in [0.15, 0.2) is 59.0 Å². The van der Waals surface area contributed by atoms with Crippen molar-refractivity contribution in [2.24, 2.45) is 0 Å². The second kappa shape index (κ2) is 7.78. The number of aryl methyl sites for hydroxylation is 1. The van der Waals surface area contributed by atoms with Crippen molar-refractivity contribution in [3.8, 4) is 11.5 Å². The average Bonchev–Trinajstić information content (AvgIpc) is 3.12. The van der Waals surface area contributed by atoms with Crippen molar-refractivity contribution < 1.29 is 14.1 Å². The largest absolute Gasteiger partial charge is 0.436 e. The summed E-state index contributed by atoms with van der Waals surface area (Å²) in [6.07, 6.45) is 0. The molecule has 0 spiro atoms. The highest BCUT2D eigenvalue weighted by Crippen LogP contribution is 2.33. The third kappa shape index (κ3) is 3.85. The van der Waals surface area contributed by atoms with Crippen LogP contribution < -0.4 is 5.32 Å². The third-order valence-corrected chi connectivity index (χ3v) is 5.06. The minimum atomic E-state index is -0.595. The number of non-ortho nitro benzene ring substituents is 1. The Kier molecular flexibility index (Phi) is 5.15. The molecule has 0 unspecified atom stereocenters. The van der Waals surface area contributed by atoms with Gasteiger partial charge in [0.25, 0.3) is 11.6 Å². The fourth-order valence-corrected chi connectivity index (χ4v) is 3.32. The number of hydrogen-bond donors (Lipinski definition) is 1. The molecule has 30 heavy (non-hydrogen) atoms. The van der Waals surface area contributed by atoms with Gasteiger partial charge in [-0.05, 0) is 48.9 Å². The smallest absolute Gasteiger partial charge is 0.270 e. The van der Waals surface area contributed by atoms with Crippen LogP contribution in [0.1, 0.15) is 15.9 Å². The average molecular weight is 442 g/mol. The van der Waals surface area contributed by atoms with Crippen LogP contribution in [0.4, 0.5) is 11.4 Å². The zero-order valence-electron chi connectivity index (χ0n) is 15.5. The van der Waals surface area contributed by atoms with Gasteiger partial charge in [-0.2, -0.15) is 0 Å². The Morgan fingerprint density at radius 1 is 1.07 bits per heavy atom. The number of fused-ring (bicyclic) bond motifs is 1. The highest BCUT2D eigenvalue weighted by Gasteiger charge is 2.18. The number of nitro benzene ring substituents is 1. The van der Waals surface area contributed by atoms with Crippen LogP contribution in [-0.4, -0.2) is 15.8 Å². The molecule has 0 radical (unpaired) electrons. The molecule has 7 nitrogen and oxygen atoms in total. The van der Waals surface area contributed by atoms with Gasteiger partial charge in [0, 0.05) is 17.8 Å². The van der Waals surface area contributed by atoms with Crippen LogP contribution >= 0.6 is 23.2 Å². The first-order valence-corrected chi connectivity index (χ1v) is 9.50. The zero-order valence-corrected chi connectivity index (χ0v) is 17.0. The standard InChI is InChI=1S/C21H13Cl2N3O4/c1-11-2-7-19-18(8-11)25-21(30-19)15-9-12(3-5-17(15)23)24-20(27)14-10-13(26(28)29)4-6-16(14)22/h2-10H,1H3,(H,24,27). The van der Waals surface area contributed by atoms with Gasteiger partial charge >= 0.3 is 0 Å². The summed E-state index contributed by atoms with van der Waals surface area (Å²) in [4.78, 5) is 27.5. The Hall–Kier alpha value is -3.42. The summed E-state index contributed by atoms with van der Waals surface area (Å²) < 4.78 is 5.79. The van der Waals surface area contributed by atoms with Crippen molar-refractivity contribution in [3.63, 3.8) is 0 Å². The number of rotatable bonds is 4. The zero-order chi connectivity index (χ0) is 21.4. The van der Waals surface area contributed by atoms with Gasteiger partial charge in [0.2, 0.25) is 5.89 Å². The number of aromatic nitrogens is 1. The van der Waals surface area contributed by atoms with Crippen molar-refractivity contribution in [2.45, 2.75) is 6.92 Å². The van der Waals surface area contributed by atoms with Crippen LogP contribution in [0, 0.1) is 17.0 Å². The van der Waals surface area contributed by atoms with Gasteiger partial charge in [-0.25, -0.2) is 4.98 Å². The van der Waals surface area contributed by atoms with E-state index in [1.807, 2.05) is 25.1 Å².